The fraction of sp³-hybridized carbons (Fsp3) is 0.222. The van der Waals surface area contributed by atoms with Crippen LogP contribution in [-0.4, -0.2) is 18.4 Å². The Kier molecular flexibility index (Phi) is 4.28. The second-order valence-corrected chi connectivity index (χ2v) is 5.56. The summed E-state index contributed by atoms with van der Waals surface area (Å²) in [7, 11) is 0. The third-order valence-electron chi connectivity index (χ3n) is 3.72. The van der Waals surface area contributed by atoms with Gasteiger partial charge in [-0.25, -0.2) is 0 Å². The minimum absolute atomic E-state index is 0.0532. The summed E-state index contributed by atoms with van der Waals surface area (Å²) in [6, 6.07) is 14.9. The number of rotatable bonds is 4. The number of carbonyl (C=O) groups excluding carboxylic acids is 2. The number of amides is 2. The lowest BCUT2D eigenvalue weighted by molar-refractivity contribution is -0.116. The van der Waals surface area contributed by atoms with E-state index in [1.807, 2.05) is 24.3 Å². The van der Waals surface area contributed by atoms with E-state index >= 15 is 0 Å². The summed E-state index contributed by atoms with van der Waals surface area (Å²) < 4.78 is 5.59. The average molecular weight is 310 g/mol. The number of carbonyl (C=O) groups is 2. The fourth-order valence-electron chi connectivity index (χ4n) is 2.67. The van der Waals surface area contributed by atoms with Crippen molar-refractivity contribution in [3.63, 3.8) is 0 Å². The third kappa shape index (κ3) is 3.69. The van der Waals surface area contributed by atoms with Gasteiger partial charge in [-0.3, -0.25) is 9.59 Å². The van der Waals surface area contributed by atoms with Crippen molar-refractivity contribution in [1.82, 2.24) is 0 Å². The molecule has 0 radical (unpaired) electrons. The first-order valence-electron chi connectivity index (χ1n) is 7.51. The number of ether oxygens (including phenoxy) is 1. The van der Waals surface area contributed by atoms with Gasteiger partial charge in [0.05, 0.1) is 6.61 Å². The van der Waals surface area contributed by atoms with Crippen LogP contribution in [0.4, 0.5) is 11.4 Å². The van der Waals surface area contributed by atoms with Crippen molar-refractivity contribution >= 4 is 23.2 Å². The van der Waals surface area contributed by atoms with Crippen molar-refractivity contribution in [2.75, 3.05) is 17.2 Å². The summed E-state index contributed by atoms with van der Waals surface area (Å²) in [5.74, 6) is 0.777. The second-order valence-electron chi connectivity index (χ2n) is 5.56. The molecule has 23 heavy (non-hydrogen) atoms. The molecule has 5 heteroatoms. The standard InChI is InChI=1S/C18H18N2O3/c1-12(21)19-14-6-8-15(9-7-14)20-18(22)10-13-11-23-17-5-3-2-4-16(13)17/h2-9,13H,10-11H2,1H3,(H,19,21)(H,20,22). The molecule has 118 valence electrons. The Balaban J connectivity index is 1.59. The van der Waals surface area contributed by atoms with Crippen LogP contribution in [0.1, 0.15) is 24.8 Å². The predicted molar refractivity (Wildman–Crippen MR) is 88.7 cm³/mol. The highest BCUT2D eigenvalue weighted by molar-refractivity contribution is 5.92. The quantitative estimate of drug-likeness (QED) is 0.911. The zero-order chi connectivity index (χ0) is 16.2. The average Bonchev–Trinajstić information content (AvgIpc) is 2.92. The summed E-state index contributed by atoms with van der Waals surface area (Å²) in [5, 5.41) is 5.56. The Morgan fingerprint density at radius 2 is 1.70 bits per heavy atom. The Bertz CT molecular complexity index is 725. The van der Waals surface area contributed by atoms with Gasteiger partial charge in [-0.15, -0.1) is 0 Å². The number of fused-ring (bicyclic) bond motifs is 1. The van der Waals surface area contributed by atoms with Gasteiger partial charge in [0.1, 0.15) is 5.75 Å². The molecule has 0 spiro atoms. The zero-order valence-electron chi connectivity index (χ0n) is 12.8. The fourth-order valence-corrected chi connectivity index (χ4v) is 2.67. The van der Waals surface area contributed by atoms with Gasteiger partial charge in [0.2, 0.25) is 11.8 Å². The molecule has 2 aromatic rings. The van der Waals surface area contributed by atoms with Crippen molar-refractivity contribution in [3.05, 3.63) is 54.1 Å². The Morgan fingerprint density at radius 1 is 1.04 bits per heavy atom. The first-order valence-corrected chi connectivity index (χ1v) is 7.51. The highest BCUT2D eigenvalue weighted by Gasteiger charge is 2.25. The van der Waals surface area contributed by atoms with E-state index in [9.17, 15) is 9.59 Å². The molecule has 0 saturated carbocycles. The van der Waals surface area contributed by atoms with Crippen molar-refractivity contribution in [3.8, 4) is 5.75 Å². The molecule has 1 heterocycles. The van der Waals surface area contributed by atoms with Crippen molar-refractivity contribution < 1.29 is 14.3 Å². The molecule has 0 bridgehead atoms. The maximum Gasteiger partial charge on any atom is 0.225 e. The monoisotopic (exact) mass is 310 g/mol. The molecule has 0 aliphatic carbocycles. The normalized spacial score (nSPS) is 15.4. The van der Waals surface area contributed by atoms with Gasteiger partial charge < -0.3 is 15.4 Å². The van der Waals surface area contributed by atoms with E-state index in [4.69, 9.17) is 4.74 Å². The number of benzene rings is 2. The van der Waals surface area contributed by atoms with E-state index in [-0.39, 0.29) is 17.7 Å². The van der Waals surface area contributed by atoms with Crippen LogP contribution in [0.25, 0.3) is 0 Å². The van der Waals surface area contributed by atoms with Crippen molar-refractivity contribution in [1.29, 1.82) is 0 Å². The smallest absolute Gasteiger partial charge is 0.225 e. The molecule has 1 aliphatic rings. The minimum atomic E-state index is -0.123. The first kappa shape index (κ1) is 15.1. The Morgan fingerprint density at radius 3 is 2.39 bits per heavy atom. The molecule has 3 rings (SSSR count). The highest BCUT2D eigenvalue weighted by atomic mass is 16.5. The number of hydrogen-bond acceptors (Lipinski definition) is 3. The van der Waals surface area contributed by atoms with Crippen LogP contribution in [0.15, 0.2) is 48.5 Å². The molecule has 0 fully saturated rings. The van der Waals surface area contributed by atoms with Gasteiger partial charge >= 0.3 is 0 Å². The van der Waals surface area contributed by atoms with Gasteiger partial charge in [0.25, 0.3) is 0 Å². The van der Waals surface area contributed by atoms with E-state index in [0.717, 1.165) is 11.3 Å². The lowest BCUT2D eigenvalue weighted by Crippen LogP contribution is -2.16. The van der Waals surface area contributed by atoms with Gasteiger partial charge in [-0.2, -0.15) is 0 Å². The van der Waals surface area contributed by atoms with Crippen LogP contribution >= 0.6 is 0 Å². The molecule has 2 aromatic carbocycles. The van der Waals surface area contributed by atoms with E-state index in [2.05, 4.69) is 10.6 Å². The van der Waals surface area contributed by atoms with Crippen molar-refractivity contribution in [2.24, 2.45) is 0 Å². The van der Waals surface area contributed by atoms with Crippen LogP contribution in [-0.2, 0) is 9.59 Å². The molecule has 5 nitrogen and oxygen atoms in total. The summed E-state index contributed by atoms with van der Waals surface area (Å²) in [4.78, 5) is 23.2. The molecular weight excluding hydrogens is 292 g/mol. The second kappa shape index (κ2) is 6.52. The largest absolute Gasteiger partial charge is 0.493 e. The third-order valence-corrected chi connectivity index (χ3v) is 3.72. The number of nitrogens with one attached hydrogen (secondary N) is 2. The van der Waals surface area contributed by atoms with Gasteiger partial charge in [-0.05, 0) is 30.3 Å². The van der Waals surface area contributed by atoms with Crippen LogP contribution < -0.4 is 15.4 Å². The molecule has 1 atom stereocenters. The number of anilines is 2. The zero-order valence-corrected chi connectivity index (χ0v) is 12.8. The van der Waals surface area contributed by atoms with E-state index in [1.165, 1.54) is 6.92 Å². The first-order chi connectivity index (χ1) is 11.1. The summed E-state index contributed by atoms with van der Waals surface area (Å²) in [6.07, 6.45) is 0.379. The molecule has 1 aliphatic heterocycles. The van der Waals surface area contributed by atoms with E-state index in [0.29, 0.717) is 24.4 Å². The van der Waals surface area contributed by atoms with Crippen molar-refractivity contribution in [2.45, 2.75) is 19.3 Å². The van der Waals surface area contributed by atoms with Crippen LogP contribution in [0.3, 0.4) is 0 Å². The van der Waals surface area contributed by atoms with Crippen LogP contribution in [0.5, 0.6) is 5.75 Å². The molecule has 0 saturated heterocycles. The summed E-state index contributed by atoms with van der Waals surface area (Å²) in [6.45, 7) is 1.99. The molecular formula is C18H18N2O3. The molecule has 2 amide bonds. The molecule has 2 N–H and O–H groups in total. The van der Waals surface area contributed by atoms with Gasteiger partial charge in [0.15, 0.2) is 0 Å². The predicted octanol–water partition coefficient (Wildman–Crippen LogP) is 3.15. The topological polar surface area (TPSA) is 67.4 Å². The Labute approximate surface area is 134 Å². The maximum absolute atomic E-state index is 12.2. The molecule has 0 aromatic heterocycles. The lowest BCUT2D eigenvalue weighted by atomic mass is 9.97. The highest BCUT2D eigenvalue weighted by Crippen LogP contribution is 2.35. The van der Waals surface area contributed by atoms with Gasteiger partial charge in [0, 0.05) is 36.2 Å². The van der Waals surface area contributed by atoms with E-state index < -0.39 is 0 Å². The SMILES string of the molecule is CC(=O)Nc1ccc(NC(=O)CC2COc3ccccc32)cc1. The Hall–Kier alpha value is -2.82. The minimum Gasteiger partial charge on any atom is -0.493 e. The lowest BCUT2D eigenvalue weighted by Gasteiger charge is -2.10. The summed E-state index contributed by atoms with van der Waals surface area (Å²) in [5.41, 5.74) is 2.49. The maximum atomic E-state index is 12.2. The number of para-hydroxylation sites is 1. The van der Waals surface area contributed by atoms with E-state index in [1.54, 1.807) is 24.3 Å². The summed E-state index contributed by atoms with van der Waals surface area (Å²) >= 11 is 0. The van der Waals surface area contributed by atoms with Crippen LogP contribution in [0, 0.1) is 0 Å². The van der Waals surface area contributed by atoms with Crippen LogP contribution in [0.2, 0.25) is 0 Å². The molecule has 1 unspecified atom stereocenters. The van der Waals surface area contributed by atoms with Gasteiger partial charge in [-0.1, -0.05) is 18.2 Å². The number of hydrogen-bond donors (Lipinski definition) is 2.